The normalized spacial score (nSPS) is 10.9. The number of nitrogens with zero attached hydrogens (tertiary/aromatic N) is 3. The number of aromatic nitrogens is 3. The van der Waals surface area contributed by atoms with Crippen LogP contribution in [0.4, 0.5) is 5.82 Å². The molecule has 4 heteroatoms. The van der Waals surface area contributed by atoms with E-state index < -0.39 is 0 Å². The molecule has 0 saturated carbocycles. The van der Waals surface area contributed by atoms with Gasteiger partial charge in [-0.1, -0.05) is 12.1 Å². The number of para-hydroxylation sites is 1. The Morgan fingerprint density at radius 1 is 1.18 bits per heavy atom. The van der Waals surface area contributed by atoms with Crippen molar-refractivity contribution >= 4 is 16.7 Å². The van der Waals surface area contributed by atoms with Crippen LogP contribution in [0.3, 0.4) is 0 Å². The third kappa shape index (κ3) is 1.45. The molecule has 4 nitrogen and oxygen atoms in total. The first kappa shape index (κ1) is 9.84. The van der Waals surface area contributed by atoms with E-state index in [1.807, 2.05) is 41.9 Å². The van der Waals surface area contributed by atoms with Gasteiger partial charge in [-0.25, -0.2) is 4.68 Å². The van der Waals surface area contributed by atoms with E-state index in [1.165, 1.54) is 0 Å². The molecule has 0 bridgehead atoms. The lowest BCUT2D eigenvalue weighted by atomic mass is 10.2. The molecule has 0 unspecified atom stereocenters. The van der Waals surface area contributed by atoms with E-state index >= 15 is 0 Å². The molecule has 84 valence electrons. The molecule has 2 aromatic heterocycles. The zero-order valence-corrected chi connectivity index (χ0v) is 9.46. The molecule has 17 heavy (non-hydrogen) atoms. The number of nitrogen functional groups attached to an aromatic ring is 1. The molecule has 0 amide bonds. The SMILES string of the molecule is Cc1ccncc1-n1nc(N)c2ccccc21. The van der Waals surface area contributed by atoms with Crippen LogP contribution >= 0.6 is 0 Å². The zero-order chi connectivity index (χ0) is 11.8. The van der Waals surface area contributed by atoms with Crippen LogP contribution in [0.15, 0.2) is 42.7 Å². The third-order valence-corrected chi connectivity index (χ3v) is 2.86. The topological polar surface area (TPSA) is 56.7 Å². The Labute approximate surface area is 98.7 Å². The summed E-state index contributed by atoms with van der Waals surface area (Å²) < 4.78 is 1.84. The first-order valence-corrected chi connectivity index (χ1v) is 5.41. The van der Waals surface area contributed by atoms with Crippen LogP contribution in [0.1, 0.15) is 5.56 Å². The molecule has 3 rings (SSSR count). The molecule has 0 aliphatic carbocycles. The van der Waals surface area contributed by atoms with E-state index in [0.717, 1.165) is 22.2 Å². The highest BCUT2D eigenvalue weighted by atomic mass is 15.3. The average molecular weight is 224 g/mol. The second-order valence-electron chi connectivity index (χ2n) is 3.98. The molecule has 0 aliphatic rings. The fourth-order valence-corrected chi connectivity index (χ4v) is 1.95. The van der Waals surface area contributed by atoms with Crippen LogP contribution in [0.5, 0.6) is 0 Å². The van der Waals surface area contributed by atoms with Crippen molar-refractivity contribution < 1.29 is 0 Å². The van der Waals surface area contributed by atoms with Gasteiger partial charge < -0.3 is 5.73 Å². The quantitative estimate of drug-likeness (QED) is 0.690. The maximum Gasteiger partial charge on any atom is 0.153 e. The summed E-state index contributed by atoms with van der Waals surface area (Å²) in [6, 6.07) is 9.87. The highest BCUT2D eigenvalue weighted by molar-refractivity contribution is 5.90. The van der Waals surface area contributed by atoms with E-state index in [-0.39, 0.29) is 0 Å². The summed E-state index contributed by atoms with van der Waals surface area (Å²) >= 11 is 0. The van der Waals surface area contributed by atoms with E-state index in [1.54, 1.807) is 12.4 Å². The van der Waals surface area contributed by atoms with Crippen molar-refractivity contribution in [1.29, 1.82) is 0 Å². The van der Waals surface area contributed by atoms with Crippen molar-refractivity contribution in [3.05, 3.63) is 48.3 Å². The van der Waals surface area contributed by atoms with Crippen LogP contribution in [0.2, 0.25) is 0 Å². The second kappa shape index (κ2) is 3.59. The van der Waals surface area contributed by atoms with Crippen LogP contribution in [0.25, 0.3) is 16.6 Å². The third-order valence-electron chi connectivity index (χ3n) is 2.86. The van der Waals surface area contributed by atoms with Crippen molar-refractivity contribution in [3.8, 4) is 5.69 Å². The summed E-state index contributed by atoms with van der Waals surface area (Å²) in [5.41, 5.74) is 8.99. The number of rotatable bonds is 1. The zero-order valence-electron chi connectivity index (χ0n) is 9.46. The van der Waals surface area contributed by atoms with Crippen molar-refractivity contribution in [2.75, 3.05) is 5.73 Å². The Bertz CT molecular complexity index is 685. The average Bonchev–Trinajstić information content (AvgIpc) is 2.68. The van der Waals surface area contributed by atoms with Gasteiger partial charge in [-0.15, -0.1) is 5.10 Å². The Hall–Kier alpha value is -2.36. The van der Waals surface area contributed by atoms with Gasteiger partial charge in [0.1, 0.15) is 0 Å². The Kier molecular flexibility index (Phi) is 2.08. The lowest BCUT2D eigenvalue weighted by molar-refractivity contribution is 0.900. The molecule has 0 radical (unpaired) electrons. The minimum absolute atomic E-state index is 0.545. The number of pyridine rings is 1. The first-order valence-electron chi connectivity index (χ1n) is 5.41. The van der Waals surface area contributed by atoms with E-state index in [4.69, 9.17) is 5.73 Å². The maximum atomic E-state index is 5.91. The molecule has 3 aromatic rings. The number of fused-ring (bicyclic) bond motifs is 1. The largest absolute Gasteiger partial charge is 0.382 e. The minimum atomic E-state index is 0.545. The fraction of sp³-hybridized carbons (Fsp3) is 0.0769. The molecular weight excluding hydrogens is 212 g/mol. The van der Waals surface area contributed by atoms with Gasteiger partial charge in [-0.05, 0) is 30.7 Å². The number of anilines is 1. The highest BCUT2D eigenvalue weighted by Crippen LogP contribution is 2.24. The van der Waals surface area contributed by atoms with Gasteiger partial charge in [0.2, 0.25) is 0 Å². The summed E-state index contributed by atoms with van der Waals surface area (Å²) in [7, 11) is 0. The predicted octanol–water partition coefficient (Wildman–Crippen LogP) is 2.31. The van der Waals surface area contributed by atoms with Gasteiger partial charge in [0.15, 0.2) is 5.82 Å². The molecule has 1 aromatic carbocycles. The smallest absolute Gasteiger partial charge is 0.153 e. The molecule has 0 atom stereocenters. The summed E-state index contributed by atoms with van der Waals surface area (Å²) in [6.45, 7) is 2.03. The van der Waals surface area contributed by atoms with Crippen molar-refractivity contribution in [1.82, 2.24) is 14.8 Å². The van der Waals surface area contributed by atoms with Crippen LogP contribution < -0.4 is 5.73 Å². The van der Waals surface area contributed by atoms with E-state index in [0.29, 0.717) is 5.82 Å². The number of hydrogen-bond acceptors (Lipinski definition) is 3. The van der Waals surface area contributed by atoms with Gasteiger partial charge in [0.25, 0.3) is 0 Å². The predicted molar refractivity (Wildman–Crippen MR) is 68.0 cm³/mol. The molecule has 0 aliphatic heterocycles. The van der Waals surface area contributed by atoms with Gasteiger partial charge in [0.05, 0.1) is 17.4 Å². The summed E-state index contributed by atoms with van der Waals surface area (Å²) in [4.78, 5) is 4.14. The van der Waals surface area contributed by atoms with Crippen LogP contribution in [-0.2, 0) is 0 Å². The fourth-order valence-electron chi connectivity index (χ4n) is 1.95. The van der Waals surface area contributed by atoms with Crippen molar-refractivity contribution in [3.63, 3.8) is 0 Å². The molecule has 2 N–H and O–H groups in total. The van der Waals surface area contributed by atoms with Crippen molar-refractivity contribution in [2.24, 2.45) is 0 Å². The second-order valence-corrected chi connectivity index (χ2v) is 3.98. The van der Waals surface area contributed by atoms with Crippen LogP contribution in [-0.4, -0.2) is 14.8 Å². The van der Waals surface area contributed by atoms with E-state index in [2.05, 4.69) is 10.1 Å². The molecule has 0 fully saturated rings. The minimum Gasteiger partial charge on any atom is -0.382 e. The number of nitrogens with two attached hydrogens (primary N) is 1. The Morgan fingerprint density at radius 2 is 2.00 bits per heavy atom. The molecule has 0 spiro atoms. The lowest BCUT2D eigenvalue weighted by Gasteiger charge is -2.05. The highest BCUT2D eigenvalue weighted by Gasteiger charge is 2.10. The Balaban J connectivity index is 2.35. The molecular formula is C13H12N4. The number of benzene rings is 1. The standard InChI is InChI=1S/C13H12N4/c1-9-6-7-15-8-12(9)17-11-5-3-2-4-10(11)13(14)16-17/h2-8H,1H3,(H2,14,16). The summed E-state index contributed by atoms with van der Waals surface area (Å²) in [5, 5.41) is 5.34. The van der Waals surface area contributed by atoms with Crippen LogP contribution in [0, 0.1) is 6.92 Å². The maximum absolute atomic E-state index is 5.91. The Morgan fingerprint density at radius 3 is 2.82 bits per heavy atom. The molecule has 2 heterocycles. The number of hydrogen-bond donors (Lipinski definition) is 1. The van der Waals surface area contributed by atoms with Gasteiger partial charge in [0, 0.05) is 11.6 Å². The monoisotopic (exact) mass is 224 g/mol. The summed E-state index contributed by atoms with van der Waals surface area (Å²) in [6.07, 6.45) is 3.57. The van der Waals surface area contributed by atoms with Crippen molar-refractivity contribution in [2.45, 2.75) is 6.92 Å². The molecule has 0 saturated heterocycles. The van der Waals surface area contributed by atoms with Gasteiger partial charge >= 0.3 is 0 Å². The van der Waals surface area contributed by atoms with Gasteiger partial charge in [-0.3, -0.25) is 4.98 Å². The lowest BCUT2D eigenvalue weighted by Crippen LogP contribution is -2.00. The summed E-state index contributed by atoms with van der Waals surface area (Å²) in [5.74, 6) is 0.545. The first-order chi connectivity index (χ1) is 8.27. The number of aryl methyl sites for hydroxylation is 1. The van der Waals surface area contributed by atoms with E-state index in [9.17, 15) is 0 Å². The van der Waals surface area contributed by atoms with Gasteiger partial charge in [-0.2, -0.15) is 0 Å².